The van der Waals surface area contributed by atoms with Crippen molar-refractivity contribution in [2.45, 2.75) is 44.4 Å². The molecule has 1 atom stereocenters. The zero-order valence-corrected chi connectivity index (χ0v) is 14.6. The van der Waals surface area contributed by atoms with E-state index in [0.717, 1.165) is 24.0 Å². The molecule has 1 aliphatic rings. The Hall–Kier alpha value is -1.60. The Balaban J connectivity index is 2.23. The van der Waals surface area contributed by atoms with Gasteiger partial charge in [-0.05, 0) is 24.1 Å². The van der Waals surface area contributed by atoms with Crippen molar-refractivity contribution in [2.75, 3.05) is 19.5 Å². The van der Waals surface area contributed by atoms with Crippen molar-refractivity contribution >= 4 is 15.9 Å². The molecule has 0 aromatic heterocycles. The molecule has 128 valence electrons. The molecule has 23 heavy (non-hydrogen) atoms. The fourth-order valence-corrected chi connectivity index (χ4v) is 3.49. The normalized spacial score (nSPS) is 17.2. The summed E-state index contributed by atoms with van der Waals surface area (Å²) in [5, 5.41) is 0. The molecule has 1 aromatic carbocycles. The van der Waals surface area contributed by atoms with Crippen LogP contribution in [0.2, 0.25) is 0 Å². The molecule has 0 N–H and O–H groups in total. The summed E-state index contributed by atoms with van der Waals surface area (Å²) in [4.78, 5) is 13.9. The molecule has 1 unspecified atom stereocenters. The predicted octanol–water partition coefficient (Wildman–Crippen LogP) is 2.88. The Kier molecular flexibility index (Phi) is 5.64. The van der Waals surface area contributed by atoms with E-state index in [0.29, 0.717) is 6.61 Å². The van der Waals surface area contributed by atoms with Crippen molar-refractivity contribution in [1.82, 2.24) is 4.90 Å². The summed E-state index contributed by atoms with van der Waals surface area (Å²) >= 11 is 0. The van der Waals surface area contributed by atoms with Gasteiger partial charge in [-0.1, -0.05) is 26.3 Å². The summed E-state index contributed by atoms with van der Waals surface area (Å²) in [5.41, 5.74) is 1.58. The molecule has 1 amide bonds. The van der Waals surface area contributed by atoms with Crippen LogP contribution in [0.3, 0.4) is 0 Å². The molecule has 6 nitrogen and oxygen atoms in total. The second-order valence-corrected chi connectivity index (χ2v) is 7.73. The Morgan fingerprint density at radius 1 is 1.35 bits per heavy atom. The molecular weight excluding hydrogens is 318 g/mol. The smallest absolute Gasteiger partial charge is 0.412 e. The molecule has 7 heteroatoms. The van der Waals surface area contributed by atoms with Crippen LogP contribution in [-0.2, 0) is 25.9 Å². The average molecular weight is 341 g/mol. The molecule has 0 saturated carbocycles. The molecule has 2 rings (SSSR count). The van der Waals surface area contributed by atoms with Gasteiger partial charge in [-0.15, -0.1) is 0 Å². The summed E-state index contributed by atoms with van der Waals surface area (Å²) in [5.74, 6) is 0.0439. The van der Waals surface area contributed by atoms with Crippen LogP contribution < -0.4 is 0 Å². The van der Waals surface area contributed by atoms with E-state index >= 15 is 0 Å². The third-order valence-corrected chi connectivity index (χ3v) is 5.66. The van der Waals surface area contributed by atoms with Crippen LogP contribution in [0.1, 0.15) is 44.0 Å². The summed E-state index contributed by atoms with van der Waals surface area (Å²) in [6.45, 7) is 4.28. The van der Waals surface area contributed by atoms with E-state index in [1.165, 1.54) is 12.0 Å². The van der Waals surface area contributed by atoms with E-state index in [-0.39, 0.29) is 17.2 Å². The highest BCUT2D eigenvalue weighted by molar-refractivity contribution is 7.91. The van der Waals surface area contributed by atoms with Gasteiger partial charge in [-0.25, -0.2) is 13.2 Å². The van der Waals surface area contributed by atoms with E-state index in [1.54, 1.807) is 25.1 Å². The van der Waals surface area contributed by atoms with Crippen molar-refractivity contribution < 1.29 is 22.7 Å². The number of methoxy groups -OCH3 is 1. The maximum absolute atomic E-state index is 12.2. The molecule has 0 aliphatic carbocycles. The predicted molar refractivity (Wildman–Crippen MR) is 85.7 cm³/mol. The number of hydrogen-bond acceptors (Lipinski definition) is 5. The number of unbranched alkanes of at least 4 members (excludes halogenated alkanes) is 1. The van der Waals surface area contributed by atoms with Gasteiger partial charge in [-0.3, -0.25) is 4.90 Å². The molecule has 0 radical (unpaired) electrons. The zero-order chi connectivity index (χ0) is 17.0. The van der Waals surface area contributed by atoms with Crippen LogP contribution in [0, 0.1) is 0 Å². The lowest BCUT2D eigenvalue weighted by Crippen LogP contribution is -2.31. The molecular formula is C16H23NO5S. The molecule has 0 saturated heterocycles. The van der Waals surface area contributed by atoms with Crippen LogP contribution in [0.4, 0.5) is 4.79 Å². The van der Waals surface area contributed by atoms with Crippen LogP contribution in [0.5, 0.6) is 0 Å². The first-order valence-corrected chi connectivity index (χ1v) is 9.41. The number of ether oxygens (including phenoxy) is 2. The van der Waals surface area contributed by atoms with Gasteiger partial charge in [0.1, 0.15) is 0 Å². The van der Waals surface area contributed by atoms with Gasteiger partial charge in [0.05, 0.1) is 23.8 Å². The molecule has 0 spiro atoms. The third kappa shape index (κ3) is 3.67. The first-order chi connectivity index (χ1) is 10.9. The Labute approximate surface area is 137 Å². The maximum atomic E-state index is 12.2. The standard InChI is InChI=1S/C16H23NO5S/c1-4-6-9-22-16(18)17-11-12-10-13(23(19,20)5-2)7-8-14(12)15(17)21-3/h7-8,10,15H,4-6,9,11H2,1-3H3. The zero-order valence-electron chi connectivity index (χ0n) is 13.7. The fraction of sp³-hybridized carbons (Fsp3) is 0.562. The van der Waals surface area contributed by atoms with E-state index in [4.69, 9.17) is 9.47 Å². The second-order valence-electron chi connectivity index (χ2n) is 5.45. The summed E-state index contributed by atoms with van der Waals surface area (Å²) in [6, 6.07) is 4.90. The van der Waals surface area contributed by atoms with E-state index < -0.39 is 22.2 Å². The average Bonchev–Trinajstić information content (AvgIpc) is 2.92. The van der Waals surface area contributed by atoms with Crippen molar-refractivity contribution in [3.05, 3.63) is 29.3 Å². The van der Waals surface area contributed by atoms with Crippen molar-refractivity contribution in [2.24, 2.45) is 0 Å². The topological polar surface area (TPSA) is 72.9 Å². The lowest BCUT2D eigenvalue weighted by atomic mass is 10.1. The summed E-state index contributed by atoms with van der Waals surface area (Å²) < 4.78 is 34.7. The number of amides is 1. The molecule has 0 bridgehead atoms. The van der Waals surface area contributed by atoms with Gasteiger partial charge in [0, 0.05) is 12.7 Å². The second kappa shape index (κ2) is 7.31. The van der Waals surface area contributed by atoms with Gasteiger partial charge in [0.25, 0.3) is 0 Å². The van der Waals surface area contributed by atoms with Crippen LogP contribution in [-0.4, -0.2) is 38.9 Å². The Morgan fingerprint density at radius 2 is 2.09 bits per heavy atom. The highest BCUT2D eigenvalue weighted by Gasteiger charge is 2.35. The van der Waals surface area contributed by atoms with E-state index in [9.17, 15) is 13.2 Å². The summed E-state index contributed by atoms with van der Waals surface area (Å²) in [6.07, 6.45) is 0.765. The minimum atomic E-state index is -3.27. The van der Waals surface area contributed by atoms with Gasteiger partial charge in [0.2, 0.25) is 0 Å². The minimum Gasteiger partial charge on any atom is -0.449 e. The van der Waals surface area contributed by atoms with E-state index in [2.05, 4.69) is 0 Å². The van der Waals surface area contributed by atoms with Crippen molar-refractivity contribution in [3.8, 4) is 0 Å². The molecule has 1 heterocycles. The number of sulfone groups is 1. The van der Waals surface area contributed by atoms with Crippen molar-refractivity contribution in [3.63, 3.8) is 0 Å². The highest BCUT2D eigenvalue weighted by atomic mass is 32.2. The van der Waals surface area contributed by atoms with Gasteiger partial charge in [-0.2, -0.15) is 0 Å². The number of nitrogens with zero attached hydrogens (tertiary/aromatic N) is 1. The number of hydrogen-bond donors (Lipinski definition) is 0. The molecule has 1 aromatic rings. The molecule has 0 fully saturated rings. The van der Waals surface area contributed by atoms with Crippen LogP contribution in [0.25, 0.3) is 0 Å². The first-order valence-electron chi connectivity index (χ1n) is 7.76. The Bertz CT molecular complexity index is 671. The number of rotatable bonds is 6. The first kappa shape index (κ1) is 17.7. The largest absolute Gasteiger partial charge is 0.449 e. The summed E-state index contributed by atoms with van der Waals surface area (Å²) in [7, 11) is -1.76. The lowest BCUT2D eigenvalue weighted by molar-refractivity contribution is -0.0233. The SMILES string of the molecule is CCCCOC(=O)N1Cc2cc(S(=O)(=O)CC)ccc2C1OC. The van der Waals surface area contributed by atoms with E-state index in [1.807, 2.05) is 6.92 Å². The Morgan fingerprint density at radius 3 is 2.70 bits per heavy atom. The molecule has 1 aliphatic heterocycles. The number of benzene rings is 1. The number of fused-ring (bicyclic) bond motifs is 1. The fourth-order valence-electron chi connectivity index (χ4n) is 2.56. The minimum absolute atomic E-state index is 0.0439. The maximum Gasteiger partial charge on any atom is 0.412 e. The number of carbonyl (C=O) groups is 1. The van der Waals surface area contributed by atoms with Crippen LogP contribution >= 0.6 is 0 Å². The highest BCUT2D eigenvalue weighted by Crippen LogP contribution is 2.36. The lowest BCUT2D eigenvalue weighted by Gasteiger charge is -2.23. The quantitative estimate of drug-likeness (QED) is 0.744. The van der Waals surface area contributed by atoms with Gasteiger partial charge in [0.15, 0.2) is 16.1 Å². The number of carbonyl (C=O) groups excluding carboxylic acids is 1. The van der Waals surface area contributed by atoms with Crippen LogP contribution in [0.15, 0.2) is 23.1 Å². The van der Waals surface area contributed by atoms with Gasteiger partial charge >= 0.3 is 6.09 Å². The monoisotopic (exact) mass is 341 g/mol. The van der Waals surface area contributed by atoms with Gasteiger partial charge < -0.3 is 9.47 Å². The third-order valence-electron chi connectivity index (χ3n) is 3.92. The van der Waals surface area contributed by atoms with Crippen molar-refractivity contribution in [1.29, 1.82) is 0 Å².